The first-order chi connectivity index (χ1) is 6.47. The first kappa shape index (κ1) is 16.4. The standard InChI is InChI=1S/2C7H16/c1-6(2)5-7(3)4;1-4-7(5-2)6-3/h6-7H,5H2,1-4H3;7H,4-6H2,1-3H3. The largest absolute Gasteiger partial charge is 0.0651 e. The molecule has 0 aromatic carbocycles. The summed E-state index contributed by atoms with van der Waals surface area (Å²) in [4.78, 5) is 0. The molecule has 88 valence electrons. The molecule has 0 heteroatoms. The van der Waals surface area contributed by atoms with Crippen LogP contribution in [0.4, 0.5) is 0 Å². The van der Waals surface area contributed by atoms with Crippen molar-refractivity contribution >= 4 is 0 Å². The molecule has 0 nitrogen and oxygen atoms in total. The quantitative estimate of drug-likeness (QED) is 0.548. The van der Waals surface area contributed by atoms with E-state index in [2.05, 4.69) is 48.5 Å². The zero-order chi connectivity index (χ0) is 11.6. The van der Waals surface area contributed by atoms with Crippen LogP contribution in [0.25, 0.3) is 0 Å². The first-order valence-electron chi connectivity index (χ1n) is 6.47. The number of hydrogen-bond donors (Lipinski definition) is 0. The summed E-state index contributed by atoms with van der Waals surface area (Å²) in [5.74, 6) is 2.74. The molecular weight excluding hydrogens is 168 g/mol. The van der Waals surface area contributed by atoms with Crippen molar-refractivity contribution in [2.75, 3.05) is 0 Å². The summed E-state index contributed by atoms with van der Waals surface area (Å²) >= 11 is 0. The molecule has 0 saturated carbocycles. The third kappa shape index (κ3) is 14.5. The lowest BCUT2D eigenvalue weighted by Gasteiger charge is -2.05. The fourth-order valence-electron chi connectivity index (χ4n) is 1.81. The average molecular weight is 200 g/mol. The molecule has 0 heterocycles. The lowest BCUT2D eigenvalue weighted by atomic mass is 10.0. The van der Waals surface area contributed by atoms with E-state index >= 15 is 0 Å². The van der Waals surface area contributed by atoms with Crippen LogP contribution in [0.1, 0.15) is 74.1 Å². The molecule has 14 heavy (non-hydrogen) atoms. The molecule has 0 spiro atoms. The monoisotopic (exact) mass is 200 g/mol. The predicted octanol–water partition coefficient (Wildman–Crippen LogP) is 5.52. The minimum Gasteiger partial charge on any atom is -0.0651 e. The van der Waals surface area contributed by atoms with Crippen molar-refractivity contribution in [1.29, 1.82) is 0 Å². The average Bonchev–Trinajstić information content (AvgIpc) is 2.06. The summed E-state index contributed by atoms with van der Waals surface area (Å²) in [6.07, 6.45) is 5.42. The van der Waals surface area contributed by atoms with Crippen molar-refractivity contribution in [3.05, 3.63) is 0 Å². The summed E-state index contributed by atoms with van der Waals surface area (Å²) in [6.45, 7) is 15.8. The minimum absolute atomic E-state index is 0.875. The van der Waals surface area contributed by atoms with Crippen LogP contribution in [-0.4, -0.2) is 0 Å². The zero-order valence-electron chi connectivity index (χ0n) is 11.6. The Kier molecular flexibility index (Phi) is 13.0. The molecule has 0 aliphatic heterocycles. The molecule has 0 N–H and O–H groups in total. The summed E-state index contributed by atoms with van der Waals surface area (Å²) in [6, 6.07) is 0. The summed E-state index contributed by atoms with van der Waals surface area (Å²) in [5, 5.41) is 0. The van der Waals surface area contributed by atoms with Gasteiger partial charge in [0.25, 0.3) is 0 Å². The van der Waals surface area contributed by atoms with Gasteiger partial charge in [0.1, 0.15) is 0 Å². The summed E-state index contributed by atoms with van der Waals surface area (Å²) in [7, 11) is 0. The van der Waals surface area contributed by atoms with Gasteiger partial charge < -0.3 is 0 Å². The predicted molar refractivity (Wildman–Crippen MR) is 68.7 cm³/mol. The van der Waals surface area contributed by atoms with E-state index in [1.54, 1.807) is 0 Å². The number of rotatable bonds is 5. The smallest absolute Gasteiger partial charge is 0.0422 e. The third-order valence-corrected chi connectivity index (χ3v) is 2.67. The highest BCUT2D eigenvalue weighted by Gasteiger charge is 1.96. The molecule has 0 atom stereocenters. The second-order valence-corrected chi connectivity index (χ2v) is 5.11. The van der Waals surface area contributed by atoms with Crippen molar-refractivity contribution in [3.63, 3.8) is 0 Å². The van der Waals surface area contributed by atoms with Crippen molar-refractivity contribution in [3.8, 4) is 0 Å². The van der Waals surface area contributed by atoms with Crippen LogP contribution >= 0.6 is 0 Å². The molecule has 0 radical (unpaired) electrons. The molecule has 0 unspecified atom stereocenters. The molecular formula is C14H32. The van der Waals surface area contributed by atoms with Gasteiger partial charge in [-0.2, -0.15) is 0 Å². The van der Waals surface area contributed by atoms with E-state index in [1.165, 1.54) is 25.7 Å². The molecule has 0 saturated heterocycles. The Balaban J connectivity index is 0. The molecule has 0 bridgehead atoms. The third-order valence-electron chi connectivity index (χ3n) is 2.67. The van der Waals surface area contributed by atoms with Crippen molar-refractivity contribution in [1.82, 2.24) is 0 Å². The second-order valence-electron chi connectivity index (χ2n) is 5.11. The highest BCUT2D eigenvalue weighted by atomic mass is 14.0. The number of hydrogen-bond acceptors (Lipinski definition) is 0. The van der Waals surface area contributed by atoms with Crippen molar-refractivity contribution in [2.45, 2.75) is 74.1 Å². The summed E-state index contributed by atoms with van der Waals surface area (Å²) < 4.78 is 0. The molecule has 0 aromatic rings. The van der Waals surface area contributed by atoms with Crippen LogP contribution in [0.3, 0.4) is 0 Å². The first-order valence-corrected chi connectivity index (χ1v) is 6.47. The van der Waals surface area contributed by atoms with Gasteiger partial charge in [-0.05, 0) is 24.2 Å². The Bertz CT molecular complexity index is 76.7. The second kappa shape index (κ2) is 11.1. The fraction of sp³-hybridized carbons (Fsp3) is 1.00. The lowest BCUT2D eigenvalue weighted by Crippen LogP contribution is -1.93. The van der Waals surface area contributed by atoms with E-state index in [9.17, 15) is 0 Å². The highest BCUT2D eigenvalue weighted by Crippen LogP contribution is 2.10. The van der Waals surface area contributed by atoms with E-state index in [0.29, 0.717) is 0 Å². The zero-order valence-corrected chi connectivity index (χ0v) is 11.6. The van der Waals surface area contributed by atoms with Crippen LogP contribution in [0.2, 0.25) is 0 Å². The Hall–Kier alpha value is 0. The van der Waals surface area contributed by atoms with Gasteiger partial charge in [-0.15, -0.1) is 0 Å². The van der Waals surface area contributed by atoms with Gasteiger partial charge in [-0.3, -0.25) is 0 Å². The molecule has 0 aliphatic rings. The van der Waals surface area contributed by atoms with Crippen LogP contribution < -0.4 is 0 Å². The van der Waals surface area contributed by atoms with E-state index < -0.39 is 0 Å². The molecule has 0 aromatic heterocycles. The maximum absolute atomic E-state index is 2.26. The Labute approximate surface area is 92.5 Å². The van der Waals surface area contributed by atoms with Gasteiger partial charge in [0.15, 0.2) is 0 Å². The van der Waals surface area contributed by atoms with Gasteiger partial charge in [0.05, 0.1) is 0 Å². The van der Waals surface area contributed by atoms with Gasteiger partial charge in [-0.1, -0.05) is 67.7 Å². The minimum atomic E-state index is 0.875. The van der Waals surface area contributed by atoms with Crippen molar-refractivity contribution in [2.24, 2.45) is 17.8 Å². The molecule has 0 aliphatic carbocycles. The maximum atomic E-state index is 2.26. The fourth-order valence-corrected chi connectivity index (χ4v) is 1.81. The van der Waals surface area contributed by atoms with E-state index in [0.717, 1.165) is 17.8 Å². The normalized spacial score (nSPS) is 10.7. The lowest BCUT2D eigenvalue weighted by molar-refractivity contribution is 0.469. The van der Waals surface area contributed by atoms with Crippen LogP contribution in [0, 0.1) is 17.8 Å². The molecule has 0 fully saturated rings. The Morgan fingerprint density at radius 2 is 0.929 bits per heavy atom. The Morgan fingerprint density at radius 1 is 0.643 bits per heavy atom. The van der Waals surface area contributed by atoms with E-state index in [-0.39, 0.29) is 0 Å². The molecule has 0 rings (SSSR count). The summed E-state index contributed by atoms with van der Waals surface area (Å²) in [5.41, 5.74) is 0. The SMILES string of the molecule is CC(C)CC(C)C.CCC(CC)CC. The topological polar surface area (TPSA) is 0 Å². The van der Waals surface area contributed by atoms with Gasteiger partial charge in [0, 0.05) is 0 Å². The maximum Gasteiger partial charge on any atom is -0.0422 e. The van der Waals surface area contributed by atoms with Gasteiger partial charge in [0.2, 0.25) is 0 Å². The van der Waals surface area contributed by atoms with Crippen LogP contribution in [-0.2, 0) is 0 Å². The van der Waals surface area contributed by atoms with Gasteiger partial charge >= 0.3 is 0 Å². The highest BCUT2D eigenvalue weighted by molar-refractivity contribution is 4.48. The van der Waals surface area contributed by atoms with E-state index in [4.69, 9.17) is 0 Å². The Morgan fingerprint density at radius 3 is 0.929 bits per heavy atom. The van der Waals surface area contributed by atoms with Gasteiger partial charge in [-0.25, -0.2) is 0 Å². The van der Waals surface area contributed by atoms with Crippen molar-refractivity contribution < 1.29 is 0 Å². The molecule has 0 amide bonds. The van der Waals surface area contributed by atoms with Crippen LogP contribution in [0.15, 0.2) is 0 Å². The van der Waals surface area contributed by atoms with E-state index in [1.807, 2.05) is 0 Å². The van der Waals surface area contributed by atoms with Crippen LogP contribution in [0.5, 0.6) is 0 Å².